The lowest BCUT2D eigenvalue weighted by atomic mass is 9.98. The van der Waals surface area contributed by atoms with Crippen LogP contribution in [0.25, 0.3) is 0 Å². The van der Waals surface area contributed by atoms with Gasteiger partial charge in [0.05, 0.1) is 0 Å². The topological polar surface area (TPSA) is 29.3 Å². The zero-order valence-electron chi connectivity index (χ0n) is 10.3. The van der Waals surface area contributed by atoms with E-state index in [1.54, 1.807) is 0 Å². The van der Waals surface area contributed by atoms with Crippen molar-refractivity contribution in [2.24, 2.45) is 0 Å². The summed E-state index contributed by atoms with van der Waals surface area (Å²) in [7, 11) is 0. The zero-order valence-corrected chi connectivity index (χ0v) is 10.3. The van der Waals surface area contributed by atoms with Gasteiger partial charge in [0.1, 0.15) is 0 Å². The van der Waals surface area contributed by atoms with Gasteiger partial charge in [0.2, 0.25) is 0 Å². The Morgan fingerprint density at radius 1 is 1.38 bits per heavy atom. The summed E-state index contributed by atoms with van der Waals surface area (Å²) >= 11 is 0. The molecule has 1 fully saturated rings. The van der Waals surface area contributed by atoms with Crippen LogP contribution in [0.3, 0.4) is 0 Å². The second-order valence-electron chi connectivity index (χ2n) is 4.93. The number of anilines is 1. The highest BCUT2D eigenvalue weighted by Gasteiger charge is 2.23. The average Bonchev–Trinajstić information content (AvgIpc) is 2.29. The van der Waals surface area contributed by atoms with Gasteiger partial charge in [-0.2, -0.15) is 0 Å². The molecule has 0 amide bonds. The first kappa shape index (κ1) is 11.5. The van der Waals surface area contributed by atoms with Gasteiger partial charge in [-0.3, -0.25) is 4.90 Å². The van der Waals surface area contributed by atoms with Gasteiger partial charge in [-0.1, -0.05) is 18.6 Å². The lowest BCUT2D eigenvalue weighted by molar-refractivity contribution is 0.114. The highest BCUT2D eigenvalue weighted by molar-refractivity contribution is 5.41. The molecule has 1 aromatic carbocycles. The number of hydrogen-bond acceptors (Lipinski definition) is 2. The van der Waals surface area contributed by atoms with Gasteiger partial charge in [0.15, 0.2) is 0 Å². The van der Waals surface area contributed by atoms with Crippen LogP contribution in [-0.2, 0) is 0 Å². The molecular formula is C14H22N2. The molecule has 16 heavy (non-hydrogen) atoms. The first-order valence-corrected chi connectivity index (χ1v) is 6.29. The van der Waals surface area contributed by atoms with Crippen molar-refractivity contribution in [2.45, 2.75) is 45.2 Å². The van der Waals surface area contributed by atoms with Crippen LogP contribution in [0.5, 0.6) is 0 Å². The summed E-state index contributed by atoms with van der Waals surface area (Å²) in [6.07, 6.45) is 4.03. The van der Waals surface area contributed by atoms with E-state index in [2.05, 4.69) is 36.9 Å². The van der Waals surface area contributed by atoms with E-state index >= 15 is 0 Å². The molecule has 1 aliphatic heterocycles. The van der Waals surface area contributed by atoms with E-state index in [-0.39, 0.29) is 0 Å². The number of rotatable bonds is 2. The van der Waals surface area contributed by atoms with Crippen molar-refractivity contribution < 1.29 is 0 Å². The number of nitrogen functional groups attached to an aromatic ring is 1. The molecule has 2 atom stereocenters. The van der Waals surface area contributed by atoms with Gasteiger partial charge >= 0.3 is 0 Å². The number of nitrogens with two attached hydrogens (primary N) is 1. The molecular weight excluding hydrogens is 196 g/mol. The molecule has 0 aromatic heterocycles. The predicted octanol–water partition coefficient (Wildman–Crippen LogP) is 3.20. The van der Waals surface area contributed by atoms with E-state index in [1.165, 1.54) is 31.4 Å². The van der Waals surface area contributed by atoms with Gasteiger partial charge in [-0.25, -0.2) is 0 Å². The molecule has 0 aliphatic carbocycles. The van der Waals surface area contributed by atoms with Crippen molar-refractivity contribution >= 4 is 5.69 Å². The number of piperidine rings is 1. The molecule has 2 N–H and O–H groups in total. The quantitative estimate of drug-likeness (QED) is 0.772. The lowest BCUT2D eigenvalue weighted by Gasteiger charge is -2.38. The Balaban J connectivity index is 2.14. The molecule has 2 heteroatoms. The van der Waals surface area contributed by atoms with E-state index in [0.29, 0.717) is 12.1 Å². The predicted molar refractivity (Wildman–Crippen MR) is 69.3 cm³/mol. The fourth-order valence-corrected chi connectivity index (χ4v) is 2.71. The smallest absolute Gasteiger partial charge is 0.0323 e. The Hall–Kier alpha value is -1.02. The fourth-order valence-electron chi connectivity index (χ4n) is 2.71. The third kappa shape index (κ3) is 2.38. The van der Waals surface area contributed by atoms with Crippen LogP contribution in [0.4, 0.5) is 5.69 Å². The summed E-state index contributed by atoms with van der Waals surface area (Å²) in [5.41, 5.74) is 8.05. The zero-order chi connectivity index (χ0) is 11.5. The maximum Gasteiger partial charge on any atom is 0.0323 e. The van der Waals surface area contributed by atoms with Gasteiger partial charge in [-0.15, -0.1) is 0 Å². The van der Waals surface area contributed by atoms with Gasteiger partial charge in [0.25, 0.3) is 0 Å². The van der Waals surface area contributed by atoms with Crippen molar-refractivity contribution in [1.29, 1.82) is 0 Å². The molecule has 2 nitrogen and oxygen atoms in total. The number of hydrogen-bond donors (Lipinski definition) is 1. The molecule has 2 unspecified atom stereocenters. The van der Waals surface area contributed by atoms with Crippen molar-refractivity contribution in [1.82, 2.24) is 4.90 Å². The molecule has 0 bridgehead atoms. The minimum absolute atomic E-state index is 0.485. The van der Waals surface area contributed by atoms with Crippen LogP contribution in [0.1, 0.15) is 44.7 Å². The molecule has 0 saturated carbocycles. The van der Waals surface area contributed by atoms with Crippen LogP contribution in [-0.4, -0.2) is 17.5 Å². The Labute approximate surface area is 98.4 Å². The normalized spacial score (nSPS) is 24.2. The van der Waals surface area contributed by atoms with Gasteiger partial charge < -0.3 is 5.73 Å². The molecule has 0 radical (unpaired) electrons. The summed E-state index contributed by atoms with van der Waals surface area (Å²) in [5.74, 6) is 0. The molecule has 0 spiro atoms. The molecule has 1 aromatic rings. The minimum atomic E-state index is 0.485. The Bertz CT molecular complexity index is 348. The maximum absolute atomic E-state index is 5.84. The highest BCUT2D eigenvalue weighted by Crippen LogP contribution is 2.28. The third-order valence-electron chi connectivity index (χ3n) is 3.74. The SMILES string of the molecule is CC1CCCCN1C(C)c1cccc(N)c1. The van der Waals surface area contributed by atoms with Crippen LogP contribution < -0.4 is 5.73 Å². The average molecular weight is 218 g/mol. The fraction of sp³-hybridized carbons (Fsp3) is 0.571. The second-order valence-corrected chi connectivity index (χ2v) is 4.93. The lowest BCUT2D eigenvalue weighted by Crippen LogP contribution is -2.39. The summed E-state index contributed by atoms with van der Waals surface area (Å²) in [6, 6.07) is 9.48. The molecule has 1 heterocycles. The van der Waals surface area contributed by atoms with Crippen LogP contribution in [0, 0.1) is 0 Å². The molecule has 1 aliphatic rings. The summed E-state index contributed by atoms with van der Waals surface area (Å²) in [6.45, 7) is 5.84. The van der Waals surface area contributed by atoms with E-state index in [4.69, 9.17) is 5.73 Å². The van der Waals surface area contributed by atoms with Crippen LogP contribution >= 0.6 is 0 Å². The number of benzene rings is 1. The monoisotopic (exact) mass is 218 g/mol. The summed E-state index contributed by atoms with van der Waals surface area (Å²) in [4.78, 5) is 2.60. The second kappa shape index (κ2) is 4.88. The largest absolute Gasteiger partial charge is 0.399 e. The van der Waals surface area contributed by atoms with Crippen LogP contribution in [0.15, 0.2) is 24.3 Å². The van der Waals surface area contributed by atoms with Crippen molar-refractivity contribution in [3.63, 3.8) is 0 Å². The van der Waals surface area contributed by atoms with Crippen LogP contribution in [0.2, 0.25) is 0 Å². The van der Waals surface area contributed by atoms with E-state index in [1.807, 2.05) is 6.07 Å². The standard InChI is InChI=1S/C14H22N2/c1-11-6-3-4-9-16(11)12(2)13-7-5-8-14(15)10-13/h5,7-8,10-12H,3-4,6,9,15H2,1-2H3. The van der Waals surface area contributed by atoms with Crippen molar-refractivity contribution in [2.75, 3.05) is 12.3 Å². The molecule has 88 valence electrons. The Morgan fingerprint density at radius 3 is 2.88 bits per heavy atom. The maximum atomic E-state index is 5.84. The summed E-state index contributed by atoms with van der Waals surface area (Å²) < 4.78 is 0. The minimum Gasteiger partial charge on any atom is -0.399 e. The molecule has 2 rings (SSSR count). The highest BCUT2D eigenvalue weighted by atomic mass is 15.2. The van der Waals surface area contributed by atoms with Crippen molar-refractivity contribution in [3.8, 4) is 0 Å². The first-order valence-electron chi connectivity index (χ1n) is 6.29. The third-order valence-corrected chi connectivity index (χ3v) is 3.74. The molecule has 1 saturated heterocycles. The van der Waals surface area contributed by atoms with Crippen molar-refractivity contribution in [3.05, 3.63) is 29.8 Å². The number of likely N-dealkylation sites (tertiary alicyclic amines) is 1. The Morgan fingerprint density at radius 2 is 2.19 bits per heavy atom. The van der Waals surface area contributed by atoms with E-state index in [0.717, 1.165) is 5.69 Å². The Kier molecular flexibility index (Phi) is 3.49. The first-order chi connectivity index (χ1) is 7.68. The summed E-state index contributed by atoms with van der Waals surface area (Å²) in [5, 5.41) is 0. The van der Waals surface area contributed by atoms with E-state index < -0.39 is 0 Å². The van der Waals surface area contributed by atoms with Gasteiger partial charge in [0, 0.05) is 17.8 Å². The van der Waals surface area contributed by atoms with E-state index in [9.17, 15) is 0 Å². The van der Waals surface area contributed by atoms with Gasteiger partial charge in [-0.05, 0) is 50.9 Å². The number of nitrogens with zero attached hydrogens (tertiary/aromatic N) is 1.